The Kier molecular flexibility index (Phi) is 5.24. The Morgan fingerprint density at radius 1 is 1.21 bits per heavy atom. The number of piperazine rings is 1. The zero-order valence-corrected chi connectivity index (χ0v) is 17.2. The fourth-order valence-electron chi connectivity index (χ4n) is 3.80. The largest absolute Gasteiger partial charge is 0.374 e. The van der Waals surface area contributed by atoms with Crippen molar-refractivity contribution in [2.75, 3.05) is 30.8 Å². The molecule has 4 rings (SSSR count). The van der Waals surface area contributed by atoms with E-state index in [-0.39, 0.29) is 12.8 Å². The highest BCUT2D eigenvalue weighted by Gasteiger charge is 2.33. The zero-order chi connectivity index (χ0) is 20.6. The second kappa shape index (κ2) is 7.69. The van der Waals surface area contributed by atoms with Crippen molar-refractivity contribution in [2.24, 2.45) is 0 Å². The molecule has 0 radical (unpaired) electrons. The third-order valence-corrected chi connectivity index (χ3v) is 6.54. The summed E-state index contributed by atoms with van der Waals surface area (Å²) in [6.07, 6.45) is 3.59. The minimum absolute atomic E-state index is 0.0912. The highest BCUT2D eigenvalue weighted by Crippen LogP contribution is 2.24. The highest BCUT2D eigenvalue weighted by atomic mass is 32.2. The molecule has 3 aromatic rings. The molecule has 1 aliphatic heterocycles. The van der Waals surface area contributed by atoms with Crippen LogP contribution in [0, 0.1) is 6.92 Å². The molecule has 1 aromatic carbocycles. The molecule has 154 valence electrons. The standard InChI is InChI=1S/C19H24N6O3S/c1-14-18-17(25(13-26)22-14)11-20-19(21-18)24-9-8-23(29(2,27)28)12-16(24)10-15-6-4-3-5-7-15/h3-7,11,16,26H,8-10,12-13H2,1-2H3/t16-/m1/s1. The molecule has 10 heteroatoms. The van der Waals surface area contributed by atoms with Gasteiger partial charge in [-0.05, 0) is 18.9 Å². The minimum Gasteiger partial charge on any atom is -0.374 e. The van der Waals surface area contributed by atoms with Crippen LogP contribution in [0.1, 0.15) is 11.3 Å². The predicted molar refractivity (Wildman–Crippen MR) is 110 cm³/mol. The van der Waals surface area contributed by atoms with Crippen LogP contribution in [0.5, 0.6) is 0 Å². The van der Waals surface area contributed by atoms with E-state index in [1.165, 1.54) is 15.2 Å². The van der Waals surface area contributed by atoms with Gasteiger partial charge in [-0.25, -0.2) is 23.1 Å². The molecule has 1 fully saturated rings. The van der Waals surface area contributed by atoms with Crippen LogP contribution in [-0.4, -0.2) is 69.5 Å². The molecule has 0 aliphatic carbocycles. The van der Waals surface area contributed by atoms with Gasteiger partial charge in [0.1, 0.15) is 17.8 Å². The van der Waals surface area contributed by atoms with Crippen molar-refractivity contribution in [1.29, 1.82) is 0 Å². The van der Waals surface area contributed by atoms with E-state index in [4.69, 9.17) is 4.98 Å². The lowest BCUT2D eigenvalue weighted by molar-refractivity contribution is 0.200. The van der Waals surface area contributed by atoms with E-state index in [9.17, 15) is 13.5 Å². The molecule has 1 N–H and O–H groups in total. The molecule has 0 saturated carbocycles. The first-order valence-electron chi connectivity index (χ1n) is 9.43. The van der Waals surface area contributed by atoms with Gasteiger partial charge in [-0.3, -0.25) is 0 Å². The molecule has 0 bridgehead atoms. The van der Waals surface area contributed by atoms with Crippen LogP contribution in [0.15, 0.2) is 36.5 Å². The van der Waals surface area contributed by atoms with E-state index in [2.05, 4.69) is 15.0 Å². The van der Waals surface area contributed by atoms with Crippen molar-refractivity contribution in [2.45, 2.75) is 26.1 Å². The van der Waals surface area contributed by atoms with Crippen LogP contribution in [-0.2, 0) is 23.2 Å². The highest BCUT2D eigenvalue weighted by molar-refractivity contribution is 7.88. The van der Waals surface area contributed by atoms with Gasteiger partial charge in [0.25, 0.3) is 0 Å². The van der Waals surface area contributed by atoms with Gasteiger partial charge >= 0.3 is 0 Å². The van der Waals surface area contributed by atoms with Crippen molar-refractivity contribution >= 4 is 27.0 Å². The summed E-state index contributed by atoms with van der Waals surface area (Å²) in [5, 5.41) is 13.7. The Labute approximate surface area is 169 Å². The normalized spacial score (nSPS) is 18.4. The van der Waals surface area contributed by atoms with Gasteiger partial charge in [0.2, 0.25) is 16.0 Å². The second-order valence-electron chi connectivity index (χ2n) is 7.29. The number of sulfonamides is 1. The summed E-state index contributed by atoms with van der Waals surface area (Å²) >= 11 is 0. The maximum Gasteiger partial charge on any atom is 0.226 e. The van der Waals surface area contributed by atoms with Gasteiger partial charge in [-0.15, -0.1) is 0 Å². The Bertz CT molecular complexity index is 1120. The van der Waals surface area contributed by atoms with Gasteiger partial charge in [0, 0.05) is 25.7 Å². The Morgan fingerprint density at radius 2 is 1.97 bits per heavy atom. The summed E-state index contributed by atoms with van der Waals surface area (Å²) in [5.74, 6) is 0.548. The van der Waals surface area contributed by atoms with Crippen molar-refractivity contribution in [1.82, 2.24) is 24.1 Å². The van der Waals surface area contributed by atoms with Crippen LogP contribution < -0.4 is 4.90 Å². The molecule has 0 amide bonds. The molecule has 0 spiro atoms. The van der Waals surface area contributed by atoms with Gasteiger partial charge in [0.05, 0.1) is 18.1 Å². The van der Waals surface area contributed by atoms with Crippen LogP contribution in [0.2, 0.25) is 0 Å². The van der Waals surface area contributed by atoms with E-state index in [0.717, 1.165) is 5.56 Å². The first-order chi connectivity index (χ1) is 13.9. The molecule has 1 saturated heterocycles. The summed E-state index contributed by atoms with van der Waals surface area (Å²) in [7, 11) is -3.27. The predicted octanol–water partition coefficient (Wildman–Crippen LogP) is 0.777. The number of aliphatic hydroxyl groups is 1. The monoisotopic (exact) mass is 416 g/mol. The van der Waals surface area contributed by atoms with E-state index in [1.54, 1.807) is 6.20 Å². The van der Waals surface area contributed by atoms with Gasteiger partial charge in [0.15, 0.2) is 0 Å². The lowest BCUT2D eigenvalue weighted by atomic mass is 10.0. The molecular formula is C19H24N6O3S. The second-order valence-corrected chi connectivity index (χ2v) is 9.27. The van der Waals surface area contributed by atoms with E-state index in [0.29, 0.717) is 48.7 Å². The quantitative estimate of drug-likeness (QED) is 0.655. The summed E-state index contributed by atoms with van der Waals surface area (Å²) < 4.78 is 27.2. The maximum absolute atomic E-state index is 12.1. The lowest BCUT2D eigenvalue weighted by Crippen LogP contribution is -2.56. The number of benzene rings is 1. The maximum atomic E-state index is 12.1. The summed E-state index contributed by atoms with van der Waals surface area (Å²) in [6, 6.07) is 9.90. The number of aromatic nitrogens is 4. The minimum atomic E-state index is -3.27. The molecule has 3 heterocycles. The number of nitrogens with zero attached hydrogens (tertiary/aromatic N) is 6. The number of hydrogen-bond donors (Lipinski definition) is 1. The van der Waals surface area contributed by atoms with Crippen molar-refractivity contribution in [3.8, 4) is 0 Å². The molecule has 29 heavy (non-hydrogen) atoms. The van der Waals surface area contributed by atoms with Crippen LogP contribution in [0.3, 0.4) is 0 Å². The topological polar surface area (TPSA) is 104 Å². The molecule has 2 aromatic heterocycles. The van der Waals surface area contributed by atoms with Gasteiger partial charge in [-0.1, -0.05) is 30.3 Å². The van der Waals surface area contributed by atoms with Gasteiger partial charge < -0.3 is 10.0 Å². The Morgan fingerprint density at radius 3 is 2.66 bits per heavy atom. The average Bonchev–Trinajstić information content (AvgIpc) is 3.03. The molecular weight excluding hydrogens is 392 g/mol. The first-order valence-corrected chi connectivity index (χ1v) is 11.3. The van der Waals surface area contributed by atoms with Crippen LogP contribution >= 0.6 is 0 Å². The number of rotatable bonds is 5. The zero-order valence-electron chi connectivity index (χ0n) is 16.4. The third-order valence-electron chi connectivity index (χ3n) is 5.27. The molecule has 1 aliphatic rings. The Hall–Kier alpha value is -2.56. The Balaban J connectivity index is 1.70. The number of aryl methyl sites for hydroxylation is 1. The number of fused-ring (bicyclic) bond motifs is 1. The van der Waals surface area contributed by atoms with Crippen LogP contribution in [0.25, 0.3) is 11.0 Å². The fourth-order valence-corrected chi connectivity index (χ4v) is 4.66. The van der Waals surface area contributed by atoms with Crippen molar-refractivity contribution in [3.63, 3.8) is 0 Å². The average molecular weight is 417 g/mol. The van der Waals surface area contributed by atoms with E-state index < -0.39 is 10.0 Å². The molecule has 9 nitrogen and oxygen atoms in total. The molecule has 0 unspecified atom stereocenters. The summed E-state index contributed by atoms with van der Waals surface area (Å²) in [5.41, 5.74) is 3.20. The van der Waals surface area contributed by atoms with Crippen molar-refractivity contribution < 1.29 is 13.5 Å². The van der Waals surface area contributed by atoms with Crippen molar-refractivity contribution in [3.05, 3.63) is 47.8 Å². The smallest absolute Gasteiger partial charge is 0.226 e. The molecule has 1 atom stereocenters. The van der Waals surface area contributed by atoms with Gasteiger partial charge in [-0.2, -0.15) is 9.40 Å². The SMILES string of the molecule is Cc1nn(CO)c2cnc(N3CCN(S(C)(=O)=O)C[C@H]3Cc3ccccc3)nc12. The van der Waals surface area contributed by atoms with E-state index >= 15 is 0 Å². The number of aliphatic hydroxyl groups excluding tert-OH is 1. The summed E-state index contributed by atoms with van der Waals surface area (Å²) in [4.78, 5) is 11.3. The fraction of sp³-hybridized carbons (Fsp3) is 0.421. The van der Waals surface area contributed by atoms with Crippen LogP contribution in [0.4, 0.5) is 5.95 Å². The number of anilines is 1. The number of hydrogen-bond acceptors (Lipinski definition) is 7. The van der Waals surface area contributed by atoms with E-state index in [1.807, 2.05) is 37.3 Å². The summed E-state index contributed by atoms with van der Waals surface area (Å²) in [6.45, 7) is 2.87. The first kappa shape index (κ1) is 19.7. The third kappa shape index (κ3) is 3.96. The lowest BCUT2D eigenvalue weighted by Gasteiger charge is -2.40.